The molecule has 1 saturated carbocycles. The van der Waals surface area contributed by atoms with Crippen molar-refractivity contribution in [2.45, 2.75) is 38.3 Å². The molecule has 4 rings (SSSR count). The van der Waals surface area contributed by atoms with Crippen LogP contribution in [0.4, 0.5) is 0 Å². The molecule has 4 heteroatoms. The second-order valence-electron chi connectivity index (χ2n) is 8.25. The molecule has 155 valence electrons. The molecule has 1 aliphatic carbocycles. The van der Waals surface area contributed by atoms with Crippen LogP contribution >= 0.6 is 7.92 Å². The smallest absolute Gasteiger partial charge is 0.0841 e. The van der Waals surface area contributed by atoms with Crippen molar-refractivity contribution in [2.24, 2.45) is 5.10 Å². The maximum Gasteiger partial charge on any atom is 0.0841 e. The molecule has 0 aromatic heterocycles. The monoisotopic (exact) mass is 417 g/mol. The average molecular weight is 418 g/mol. The molecule has 1 heterocycles. The molecule has 2 fully saturated rings. The Bertz CT molecular complexity index is 784. The summed E-state index contributed by atoms with van der Waals surface area (Å²) < 4.78 is 5.75. The molecular weight excluding hydrogens is 387 g/mol. The summed E-state index contributed by atoms with van der Waals surface area (Å²) in [5.41, 5.74) is 1.15. The first-order chi connectivity index (χ1) is 14.6. The van der Waals surface area contributed by atoms with E-state index in [9.17, 15) is 0 Å². The van der Waals surface area contributed by atoms with Crippen molar-refractivity contribution >= 4 is 24.7 Å². The van der Waals surface area contributed by atoms with E-state index < -0.39 is 7.92 Å². The van der Waals surface area contributed by atoms with Crippen LogP contribution in [0.15, 0.2) is 65.8 Å². The number of hydrazone groups is 1. The van der Waals surface area contributed by atoms with Gasteiger partial charge in [-0.2, -0.15) is 5.10 Å². The number of hydrogen-bond acceptors (Lipinski definition) is 3. The van der Waals surface area contributed by atoms with E-state index in [0.717, 1.165) is 19.4 Å². The second-order valence-corrected chi connectivity index (χ2v) is 10.4. The minimum Gasteiger partial charge on any atom is -0.377 e. The highest BCUT2D eigenvalue weighted by Gasteiger charge is 2.39. The lowest BCUT2D eigenvalue weighted by atomic mass is 9.97. The number of hydrogen-bond donors (Lipinski definition) is 0. The predicted octanol–water partition coefficient (Wildman–Crippen LogP) is 4.73. The third-order valence-corrected chi connectivity index (χ3v) is 8.51. The van der Waals surface area contributed by atoms with Gasteiger partial charge in [-0.15, -0.1) is 0 Å². The van der Waals surface area contributed by atoms with Crippen LogP contribution < -0.4 is 10.6 Å². The second kappa shape index (κ2) is 9.62. The van der Waals surface area contributed by atoms with Gasteiger partial charge in [-0.1, -0.05) is 60.7 Å². The van der Waals surface area contributed by atoms with Gasteiger partial charge in [-0.05, 0) is 64.5 Å². The first-order valence-corrected chi connectivity index (χ1v) is 12.0. The molecule has 1 atom stereocenters. The first-order valence-electron chi connectivity index (χ1n) is 10.6. The molecule has 0 N–H and O–H groups in total. The first kappa shape index (κ1) is 21.5. The molecule has 0 amide bonds. The van der Waals surface area contributed by atoms with Crippen LogP contribution in [-0.4, -0.2) is 36.5 Å². The Morgan fingerprint density at radius 2 is 1.63 bits per heavy atom. The molecule has 1 saturated heterocycles. The fourth-order valence-corrected chi connectivity index (χ4v) is 6.61. The van der Waals surface area contributed by atoms with Crippen molar-refractivity contribution in [3.8, 4) is 0 Å². The SMILES string of the molecule is COC(C)(C)[C@@H]1CCCN1/N=C/[C]1[CH][CH][CH][C]1P(c1ccccc1)c1ccccc1. The summed E-state index contributed by atoms with van der Waals surface area (Å²) in [6, 6.07) is 22.0. The number of ether oxygens (including phenoxy) is 1. The lowest BCUT2D eigenvalue weighted by Gasteiger charge is -2.35. The minimum atomic E-state index is -0.625. The van der Waals surface area contributed by atoms with E-state index in [0.29, 0.717) is 6.04 Å². The molecule has 0 unspecified atom stereocenters. The van der Waals surface area contributed by atoms with Gasteiger partial charge in [0.2, 0.25) is 0 Å². The molecule has 3 nitrogen and oxygen atoms in total. The predicted molar refractivity (Wildman–Crippen MR) is 128 cm³/mol. The minimum absolute atomic E-state index is 0.205. The fourth-order valence-electron chi connectivity index (χ4n) is 4.19. The summed E-state index contributed by atoms with van der Waals surface area (Å²) in [4.78, 5) is 0. The van der Waals surface area contributed by atoms with Crippen LogP contribution in [-0.2, 0) is 4.74 Å². The van der Waals surface area contributed by atoms with Crippen molar-refractivity contribution in [2.75, 3.05) is 13.7 Å². The normalized spacial score (nSPS) is 21.3. The van der Waals surface area contributed by atoms with E-state index in [1.54, 1.807) is 7.11 Å². The highest BCUT2D eigenvalue weighted by molar-refractivity contribution is 7.76. The molecule has 0 spiro atoms. The highest BCUT2D eigenvalue weighted by Crippen LogP contribution is 2.55. The van der Waals surface area contributed by atoms with Crippen LogP contribution in [0.25, 0.3) is 0 Å². The summed E-state index contributed by atoms with van der Waals surface area (Å²) in [5.74, 6) is 1.20. The van der Waals surface area contributed by atoms with Gasteiger partial charge in [0.05, 0.1) is 11.6 Å². The average Bonchev–Trinajstić information content (AvgIpc) is 3.44. The maximum atomic E-state index is 5.75. The van der Waals surface area contributed by atoms with Crippen LogP contribution in [0.2, 0.25) is 0 Å². The van der Waals surface area contributed by atoms with Gasteiger partial charge in [0.1, 0.15) is 0 Å². The summed E-state index contributed by atoms with van der Waals surface area (Å²) in [6.45, 7) is 5.29. The Morgan fingerprint density at radius 1 is 1.00 bits per heavy atom. The third kappa shape index (κ3) is 4.63. The lowest BCUT2D eigenvalue weighted by Crippen LogP contribution is -2.44. The van der Waals surface area contributed by atoms with Gasteiger partial charge in [0.25, 0.3) is 0 Å². The number of nitrogens with zero attached hydrogens (tertiary/aromatic N) is 2. The molecule has 30 heavy (non-hydrogen) atoms. The summed E-state index contributed by atoms with van der Waals surface area (Å²) in [7, 11) is 1.17. The molecule has 2 aliphatic rings. The van der Waals surface area contributed by atoms with E-state index in [-0.39, 0.29) is 5.60 Å². The zero-order chi connectivity index (χ0) is 21.0. The topological polar surface area (TPSA) is 24.8 Å². The van der Waals surface area contributed by atoms with E-state index in [1.807, 2.05) is 0 Å². The van der Waals surface area contributed by atoms with Crippen LogP contribution in [0.1, 0.15) is 26.7 Å². The van der Waals surface area contributed by atoms with Gasteiger partial charge >= 0.3 is 0 Å². The third-order valence-electron chi connectivity index (χ3n) is 5.99. The molecule has 0 bridgehead atoms. The Kier molecular flexibility index (Phi) is 6.91. The molecule has 1 aliphatic heterocycles. The van der Waals surface area contributed by atoms with Gasteiger partial charge in [-0.3, -0.25) is 5.01 Å². The zero-order valence-electron chi connectivity index (χ0n) is 18.0. The van der Waals surface area contributed by atoms with E-state index in [1.165, 1.54) is 22.2 Å². The number of rotatable bonds is 7. The number of methoxy groups -OCH3 is 1. The number of benzene rings is 2. The zero-order valence-corrected chi connectivity index (χ0v) is 18.9. The maximum absolute atomic E-state index is 5.75. The highest BCUT2D eigenvalue weighted by atomic mass is 31.1. The molecule has 2 aromatic rings. The van der Waals surface area contributed by atoms with Gasteiger partial charge in [0.15, 0.2) is 0 Å². The fraction of sp³-hybridized carbons (Fsp3) is 0.308. The van der Waals surface area contributed by atoms with Crippen LogP contribution in [0, 0.1) is 30.8 Å². The lowest BCUT2D eigenvalue weighted by molar-refractivity contribution is -0.0394. The van der Waals surface area contributed by atoms with Crippen molar-refractivity contribution in [3.63, 3.8) is 0 Å². The molecular formula is C26H30N2OP. The van der Waals surface area contributed by atoms with Gasteiger partial charge < -0.3 is 4.74 Å². The summed E-state index contributed by atoms with van der Waals surface area (Å²) in [6.07, 6.45) is 10.9. The van der Waals surface area contributed by atoms with E-state index in [2.05, 4.69) is 105 Å². The van der Waals surface area contributed by atoms with Crippen LogP contribution in [0.3, 0.4) is 0 Å². The van der Waals surface area contributed by atoms with Gasteiger partial charge in [-0.25, -0.2) is 0 Å². The Hall–Kier alpha value is -1.70. The Labute approximate surface area is 183 Å². The Morgan fingerprint density at radius 3 is 2.23 bits per heavy atom. The standard InChI is InChI=1S/C26H30N2OP/c1-26(2,29-3)25-18-11-19-28(25)27-20-21-12-10-17-24(21)30(22-13-6-4-7-14-22)23-15-8-5-9-16-23/h4-10,12-17,20,25H,11,18-19H2,1-3H3/b27-20+/t25-/m0/s1. The van der Waals surface area contributed by atoms with Crippen molar-refractivity contribution in [1.29, 1.82) is 0 Å². The molecule has 5 radical (unpaired) electrons. The van der Waals surface area contributed by atoms with Gasteiger partial charge in [0, 0.05) is 31.4 Å². The molecule has 2 aromatic carbocycles. The summed E-state index contributed by atoms with van der Waals surface area (Å²) in [5, 5.41) is 9.87. The summed E-state index contributed by atoms with van der Waals surface area (Å²) >= 11 is 0. The van der Waals surface area contributed by atoms with E-state index >= 15 is 0 Å². The van der Waals surface area contributed by atoms with E-state index in [4.69, 9.17) is 9.84 Å². The van der Waals surface area contributed by atoms with Crippen LogP contribution in [0.5, 0.6) is 0 Å². The van der Waals surface area contributed by atoms with Crippen molar-refractivity contribution < 1.29 is 4.74 Å². The largest absolute Gasteiger partial charge is 0.377 e. The van der Waals surface area contributed by atoms with Crippen molar-refractivity contribution in [3.05, 3.63) is 91.5 Å². The van der Waals surface area contributed by atoms with Crippen molar-refractivity contribution in [1.82, 2.24) is 5.01 Å². The Balaban J connectivity index is 1.58. The quantitative estimate of drug-likeness (QED) is 0.481.